The van der Waals surface area contributed by atoms with Crippen molar-refractivity contribution >= 4 is 0 Å². The Kier molecular flexibility index (Phi) is 4.99. The van der Waals surface area contributed by atoms with Crippen LogP contribution >= 0.6 is 0 Å². The fourth-order valence-corrected chi connectivity index (χ4v) is 2.44. The number of aliphatic hydroxyl groups excluding tert-OH is 1. The standard InChI is InChI=1S/C14H22N2O2/c1-18-14-5-3-2-4-13(14)10-15-16-8-6-12(11-16)7-9-17/h2-5,12,15,17H,6-11H2,1H3. The zero-order valence-corrected chi connectivity index (χ0v) is 10.9. The summed E-state index contributed by atoms with van der Waals surface area (Å²) in [5, 5.41) is 11.2. The molecule has 18 heavy (non-hydrogen) atoms. The summed E-state index contributed by atoms with van der Waals surface area (Å²) in [6, 6.07) is 8.07. The van der Waals surface area contributed by atoms with Crippen LogP contribution in [0.15, 0.2) is 24.3 Å². The van der Waals surface area contributed by atoms with Crippen molar-refractivity contribution in [2.45, 2.75) is 19.4 Å². The van der Waals surface area contributed by atoms with Gasteiger partial charge in [-0.05, 0) is 24.8 Å². The van der Waals surface area contributed by atoms with E-state index in [4.69, 9.17) is 9.84 Å². The molecule has 0 amide bonds. The molecule has 1 atom stereocenters. The first kappa shape index (κ1) is 13.3. The first-order valence-electron chi connectivity index (χ1n) is 6.54. The second kappa shape index (κ2) is 6.73. The Bertz CT molecular complexity index is 371. The van der Waals surface area contributed by atoms with Crippen LogP contribution in [0.1, 0.15) is 18.4 Å². The highest BCUT2D eigenvalue weighted by Crippen LogP contribution is 2.20. The fraction of sp³-hybridized carbons (Fsp3) is 0.571. The van der Waals surface area contributed by atoms with E-state index in [1.54, 1.807) is 7.11 Å². The van der Waals surface area contributed by atoms with Crippen LogP contribution in [0.4, 0.5) is 0 Å². The maximum atomic E-state index is 8.93. The van der Waals surface area contributed by atoms with E-state index < -0.39 is 0 Å². The molecule has 1 aromatic carbocycles. The molecule has 1 aliphatic heterocycles. The number of hydrogen-bond acceptors (Lipinski definition) is 4. The summed E-state index contributed by atoms with van der Waals surface area (Å²) in [6.07, 6.45) is 2.08. The summed E-state index contributed by atoms with van der Waals surface area (Å²) >= 11 is 0. The highest BCUT2D eigenvalue weighted by Gasteiger charge is 2.21. The van der Waals surface area contributed by atoms with Gasteiger partial charge in [0.1, 0.15) is 5.75 Å². The van der Waals surface area contributed by atoms with Gasteiger partial charge in [0.15, 0.2) is 0 Å². The number of nitrogens with one attached hydrogen (secondary N) is 1. The van der Waals surface area contributed by atoms with Gasteiger partial charge in [0.05, 0.1) is 7.11 Å². The van der Waals surface area contributed by atoms with Crippen molar-refractivity contribution in [2.75, 3.05) is 26.8 Å². The SMILES string of the molecule is COc1ccccc1CNN1CCC(CCO)C1. The van der Waals surface area contributed by atoms with Crippen LogP contribution in [0.2, 0.25) is 0 Å². The number of hydrogen-bond donors (Lipinski definition) is 2. The number of hydrazine groups is 1. The maximum Gasteiger partial charge on any atom is 0.123 e. The van der Waals surface area contributed by atoms with Crippen molar-refractivity contribution in [1.82, 2.24) is 10.4 Å². The molecule has 0 aromatic heterocycles. The molecule has 1 unspecified atom stereocenters. The molecule has 4 nitrogen and oxygen atoms in total. The van der Waals surface area contributed by atoms with E-state index in [-0.39, 0.29) is 0 Å². The lowest BCUT2D eigenvalue weighted by Gasteiger charge is -2.18. The minimum atomic E-state index is 0.297. The molecule has 0 radical (unpaired) electrons. The van der Waals surface area contributed by atoms with E-state index in [9.17, 15) is 0 Å². The number of rotatable bonds is 6. The quantitative estimate of drug-likeness (QED) is 0.801. The van der Waals surface area contributed by atoms with Gasteiger partial charge >= 0.3 is 0 Å². The van der Waals surface area contributed by atoms with Gasteiger partial charge in [-0.2, -0.15) is 0 Å². The molecule has 2 N–H and O–H groups in total. The Morgan fingerprint density at radius 1 is 1.44 bits per heavy atom. The summed E-state index contributed by atoms with van der Waals surface area (Å²) in [4.78, 5) is 0. The average molecular weight is 250 g/mol. The van der Waals surface area contributed by atoms with Crippen LogP contribution in [-0.2, 0) is 6.54 Å². The van der Waals surface area contributed by atoms with Gasteiger partial charge in [0, 0.05) is 31.8 Å². The van der Waals surface area contributed by atoms with E-state index in [1.165, 1.54) is 12.0 Å². The van der Waals surface area contributed by atoms with E-state index in [1.807, 2.05) is 18.2 Å². The number of benzene rings is 1. The predicted molar refractivity (Wildman–Crippen MR) is 71.2 cm³/mol. The predicted octanol–water partition coefficient (Wildman–Crippen LogP) is 1.40. The second-order valence-corrected chi connectivity index (χ2v) is 4.76. The van der Waals surface area contributed by atoms with E-state index in [0.717, 1.165) is 31.8 Å². The Labute approximate surface area is 109 Å². The highest BCUT2D eigenvalue weighted by molar-refractivity contribution is 5.32. The topological polar surface area (TPSA) is 44.7 Å². The van der Waals surface area contributed by atoms with Gasteiger partial charge in [-0.15, -0.1) is 0 Å². The number of para-hydroxylation sites is 1. The van der Waals surface area contributed by atoms with Crippen molar-refractivity contribution in [1.29, 1.82) is 0 Å². The molecular formula is C14H22N2O2. The van der Waals surface area contributed by atoms with Crippen molar-refractivity contribution < 1.29 is 9.84 Å². The number of methoxy groups -OCH3 is 1. The van der Waals surface area contributed by atoms with E-state index in [0.29, 0.717) is 12.5 Å². The lowest BCUT2D eigenvalue weighted by molar-refractivity contribution is 0.208. The van der Waals surface area contributed by atoms with Gasteiger partial charge in [-0.1, -0.05) is 18.2 Å². The normalized spacial score (nSPS) is 20.2. The highest BCUT2D eigenvalue weighted by atomic mass is 16.5. The monoisotopic (exact) mass is 250 g/mol. The van der Waals surface area contributed by atoms with Crippen LogP contribution in [-0.4, -0.2) is 36.9 Å². The minimum Gasteiger partial charge on any atom is -0.496 e. The third-order valence-corrected chi connectivity index (χ3v) is 3.51. The summed E-state index contributed by atoms with van der Waals surface area (Å²) in [5.74, 6) is 1.55. The largest absolute Gasteiger partial charge is 0.496 e. The molecule has 0 bridgehead atoms. The zero-order chi connectivity index (χ0) is 12.8. The van der Waals surface area contributed by atoms with Gasteiger partial charge in [0.25, 0.3) is 0 Å². The van der Waals surface area contributed by atoms with Crippen molar-refractivity contribution in [3.8, 4) is 5.75 Å². The molecule has 1 saturated heterocycles. The van der Waals surface area contributed by atoms with Crippen LogP contribution < -0.4 is 10.2 Å². The van der Waals surface area contributed by atoms with Gasteiger partial charge in [-0.3, -0.25) is 5.43 Å². The number of ether oxygens (including phenoxy) is 1. The Hall–Kier alpha value is -1.10. The van der Waals surface area contributed by atoms with Crippen molar-refractivity contribution in [3.63, 3.8) is 0 Å². The molecule has 4 heteroatoms. The van der Waals surface area contributed by atoms with Crippen LogP contribution in [0.25, 0.3) is 0 Å². The molecule has 0 aliphatic carbocycles. The zero-order valence-electron chi connectivity index (χ0n) is 10.9. The Balaban J connectivity index is 1.81. The maximum absolute atomic E-state index is 8.93. The summed E-state index contributed by atoms with van der Waals surface area (Å²) in [5.41, 5.74) is 4.60. The molecule has 100 valence electrons. The lowest BCUT2D eigenvalue weighted by atomic mass is 10.1. The van der Waals surface area contributed by atoms with E-state index >= 15 is 0 Å². The smallest absolute Gasteiger partial charge is 0.123 e. The Morgan fingerprint density at radius 3 is 3.06 bits per heavy atom. The molecule has 1 aromatic rings. The van der Waals surface area contributed by atoms with Crippen molar-refractivity contribution in [3.05, 3.63) is 29.8 Å². The lowest BCUT2D eigenvalue weighted by Crippen LogP contribution is -2.35. The first-order valence-corrected chi connectivity index (χ1v) is 6.54. The number of aliphatic hydroxyl groups is 1. The minimum absolute atomic E-state index is 0.297. The summed E-state index contributed by atoms with van der Waals surface area (Å²) < 4.78 is 5.33. The van der Waals surface area contributed by atoms with E-state index in [2.05, 4.69) is 16.5 Å². The third kappa shape index (κ3) is 3.45. The van der Waals surface area contributed by atoms with Crippen molar-refractivity contribution in [2.24, 2.45) is 5.92 Å². The number of nitrogens with zero attached hydrogens (tertiary/aromatic N) is 1. The van der Waals surface area contributed by atoms with Crippen LogP contribution in [0, 0.1) is 5.92 Å². The molecule has 0 saturated carbocycles. The van der Waals surface area contributed by atoms with Gasteiger partial charge < -0.3 is 9.84 Å². The molecular weight excluding hydrogens is 228 g/mol. The molecule has 2 rings (SSSR count). The fourth-order valence-electron chi connectivity index (χ4n) is 2.44. The molecule has 0 spiro atoms. The molecule has 1 heterocycles. The average Bonchev–Trinajstić information content (AvgIpc) is 2.85. The Morgan fingerprint density at radius 2 is 2.28 bits per heavy atom. The second-order valence-electron chi connectivity index (χ2n) is 4.76. The third-order valence-electron chi connectivity index (χ3n) is 3.51. The van der Waals surface area contributed by atoms with Gasteiger partial charge in [0.2, 0.25) is 0 Å². The summed E-state index contributed by atoms with van der Waals surface area (Å²) in [6.45, 7) is 3.16. The molecule has 1 fully saturated rings. The van der Waals surface area contributed by atoms with Gasteiger partial charge in [-0.25, -0.2) is 5.01 Å². The van der Waals surface area contributed by atoms with Crippen LogP contribution in [0.5, 0.6) is 5.75 Å². The van der Waals surface area contributed by atoms with Crippen LogP contribution in [0.3, 0.4) is 0 Å². The summed E-state index contributed by atoms with van der Waals surface area (Å²) in [7, 11) is 1.70. The first-order chi connectivity index (χ1) is 8.83. The molecule has 1 aliphatic rings.